The van der Waals surface area contributed by atoms with Gasteiger partial charge in [-0.2, -0.15) is 0 Å². The normalized spacial score (nSPS) is 14.4. The summed E-state index contributed by atoms with van der Waals surface area (Å²) in [5.41, 5.74) is 11.2. The van der Waals surface area contributed by atoms with E-state index in [1.165, 1.54) is 12.3 Å². The van der Waals surface area contributed by atoms with Crippen LogP contribution in [0.15, 0.2) is 12.3 Å². The highest BCUT2D eigenvalue weighted by molar-refractivity contribution is 5.67. The Hall–Kier alpha value is -1.86. The lowest BCUT2D eigenvalue weighted by Gasteiger charge is -2.16. The van der Waals surface area contributed by atoms with Crippen LogP contribution in [-0.2, 0) is 4.79 Å². The summed E-state index contributed by atoms with van der Waals surface area (Å²) in [6.45, 7) is 0. The van der Waals surface area contributed by atoms with E-state index >= 15 is 0 Å². The molecule has 1 aromatic heterocycles. The molecule has 0 saturated heterocycles. The number of pyridine rings is 1. The fraction of sp³-hybridized carbons (Fsp3) is 0.333. The van der Waals surface area contributed by atoms with Crippen molar-refractivity contribution in [1.29, 1.82) is 0 Å². The molecule has 0 aliphatic rings. The Morgan fingerprint density at radius 1 is 1.44 bits per heavy atom. The second-order valence-corrected chi connectivity index (χ2v) is 3.35. The molecule has 2 atom stereocenters. The average Bonchev–Trinajstić information content (AvgIpc) is 2.20. The van der Waals surface area contributed by atoms with Crippen LogP contribution in [0.3, 0.4) is 0 Å². The lowest BCUT2D eigenvalue weighted by Crippen LogP contribution is -2.22. The number of hydrogen-bond acceptors (Lipinski definition) is 6. The first-order valence-corrected chi connectivity index (χ1v) is 4.50. The zero-order valence-corrected chi connectivity index (χ0v) is 8.37. The van der Waals surface area contributed by atoms with Crippen molar-refractivity contribution in [3.8, 4) is 0 Å². The maximum Gasteiger partial charge on any atom is 0.306 e. The number of carboxylic acids is 1. The summed E-state index contributed by atoms with van der Waals surface area (Å²) in [5, 5.41) is 27.4. The van der Waals surface area contributed by atoms with E-state index in [1.54, 1.807) is 0 Å². The van der Waals surface area contributed by atoms with Crippen molar-refractivity contribution in [2.75, 3.05) is 11.5 Å². The Kier molecular flexibility index (Phi) is 3.64. The van der Waals surface area contributed by atoms with Gasteiger partial charge in [-0.3, -0.25) is 4.79 Å². The molecule has 0 bridgehead atoms. The maximum absolute atomic E-state index is 10.3. The van der Waals surface area contributed by atoms with Gasteiger partial charge < -0.3 is 26.8 Å². The van der Waals surface area contributed by atoms with Crippen LogP contribution in [0.4, 0.5) is 11.5 Å². The van der Waals surface area contributed by atoms with Crippen LogP contribution in [0.2, 0.25) is 0 Å². The minimum Gasteiger partial charge on any atom is -0.481 e. The highest BCUT2D eigenvalue weighted by Crippen LogP contribution is 2.22. The molecule has 88 valence electrons. The first-order valence-electron chi connectivity index (χ1n) is 4.50. The van der Waals surface area contributed by atoms with E-state index in [2.05, 4.69) is 4.98 Å². The predicted molar refractivity (Wildman–Crippen MR) is 56.3 cm³/mol. The fourth-order valence-electron chi connectivity index (χ4n) is 1.18. The second-order valence-electron chi connectivity index (χ2n) is 3.35. The molecule has 16 heavy (non-hydrogen) atoms. The molecular formula is C9H13N3O4. The van der Waals surface area contributed by atoms with Gasteiger partial charge in [0.2, 0.25) is 0 Å². The summed E-state index contributed by atoms with van der Waals surface area (Å²) in [5.74, 6) is -1.09. The van der Waals surface area contributed by atoms with Gasteiger partial charge in [0.05, 0.1) is 18.2 Å². The lowest BCUT2D eigenvalue weighted by molar-refractivity contribution is -0.141. The molecule has 0 saturated carbocycles. The zero-order valence-electron chi connectivity index (χ0n) is 8.37. The number of carbonyl (C=O) groups is 1. The molecule has 7 N–H and O–H groups in total. The van der Waals surface area contributed by atoms with Gasteiger partial charge in [0.15, 0.2) is 0 Å². The first-order chi connectivity index (χ1) is 7.41. The number of anilines is 2. The number of aromatic nitrogens is 1. The summed E-state index contributed by atoms with van der Waals surface area (Å²) in [6.07, 6.45) is -2.10. The number of carboxylic acid groups (broad SMARTS) is 1. The van der Waals surface area contributed by atoms with Gasteiger partial charge in [0, 0.05) is 11.8 Å². The largest absolute Gasteiger partial charge is 0.481 e. The van der Waals surface area contributed by atoms with Gasteiger partial charge in [0.25, 0.3) is 0 Å². The fourth-order valence-corrected chi connectivity index (χ4v) is 1.18. The first kappa shape index (κ1) is 12.2. The Morgan fingerprint density at radius 2 is 2.06 bits per heavy atom. The second kappa shape index (κ2) is 4.77. The van der Waals surface area contributed by atoms with Crippen LogP contribution < -0.4 is 11.5 Å². The van der Waals surface area contributed by atoms with Gasteiger partial charge in [0.1, 0.15) is 11.9 Å². The van der Waals surface area contributed by atoms with Crippen LogP contribution >= 0.6 is 0 Å². The van der Waals surface area contributed by atoms with Crippen molar-refractivity contribution in [2.45, 2.75) is 18.6 Å². The predicted octanol–water partition coefficient (Wildman–Crippen LogP) is -0.885. The van der Waals surface area contributed by atoms with E-state index in [4.69, 9.17) is 16.6 Å². The topological polar surface area (TPSA) is 143 Å². The van der Waals surface area contributed by atoms with Gasteiger partial charge in [-0.25, -0.2) is 4.98 Å². The van der Waals surface area contributed by atoms with Crippen molar-refractivity contribution < 1.29 is 20.1 Å². The highest BCUT2D eigenvalue weighted by atomic mass is 16.4. The summed E-state index contributed by atoms with van der Waals surface area (Å²) in [6, 6.07) is 1.35. The molecule has 0 spiro atoms. The van der Waals surface area contributed by atoms with Crippen molar-refractivity contribution >= 4 is 17.5 Å². The standard InChI is InChI=1S/C9H13N3O4/c10-5-1-4(3-12-9(5)11)8(16)6(13)2-7(14)15/h1,3,6,8,13,16H,2,10H2,(H2,11,12)(H,14,15). The Bertz CT molecular complexity index is 396. The molecule has 1 aromatic rings. The van der Waals surface area contributed by atoms with Crippen molar-refractivity contribution in [3.63, 3.8) is 0 Å². The van der Waals surface area contributed by atoms with Crippen molar-refractivity contribution in [1.82, 2.24) is 4.98 Å². The summed E-state index contributed by atoms with van der Waals surface area (Å²) < 4.78 is 0. The average molecular weight is 227 g/mol. The van der Waals surface area contributed by atoms with E-state index in [1.807, 2.05) is 0 Å². The molecule has 7 nitrogen and oxygen atoms in total. The van der Waals surface area contributed by atoms with Crippen LogP contribution in [0.1, 0.15) is 18.1 Å². The number of nitrogen functional groups attached to an aromatic ring is 2. The zero-order chi connectivity index (χ0) is 12.3. The minimum absolute atomic E-state index is 0.115. The number of aliphatic hydroxyl groups is 2. The number of nitrogens with two attached hydrogens (primary N) is 2. The highest BCUT2D eigenvalue weighted by Gasteiger charge is 2.21. The van der Waals surface area contributed by atoms with Crippen LogP contribution in [-0.4, -0.2) is 32.4 Å². The maximum atomic E-state index is 10.3. The van der Waals surface area contributed by atoms with E-state index in [-0.39, 0.29) is 17.1 Å². The van der Waals surface area contributed by atoms with Crippen LogP contribution in [0, 0.1) is 0 Å². The molecule has 1 heterocycles. The number of aliphatic hydroxyl groups excluding tert-OH is 2. The Balaban J connectivity index is 2.83. The van der Waals surface area contributed by atoms with Gasteiger partial charge in [-0.15, -0.1) is 0 Å². The van der Waals surface area contributed by atoms with E-state index < -0.39 is 24.6 Å². The van der Waals surface area contributed by atoms with Crippen molar-refractivity contribution in [2.24, 2.45) is 0 Å². The molecule has 1 rings (SSSR count). The molecule has 0 amide bonds. The van der Waals surface area contributed by atoms with Crippen LogP contribution in [0.25, 0.3) is 0 Å². The van der Waals surface area contributed by atoms with E-state index in [0.717, 1.165) is 0 Å². The molecule has 0 aromatic carbocycles. The van der Waals surface area contributed by atoms with Gasteiger partial charge in [-0.05, 0) is 6.07 Å². The van der Waals surface area contributed by atoms with Crippen LogP contribution in [0.5, 0.6) is 0 Å². The SMILES string of the molecule is Nc1cc(C(O)C(O)CC(=O)O)cnc1N. The molecule has 0 aliphatic carbocycles. The Labute approximate surface area is 91.3 Å². The van der Waals surface area contributed by atoms with Gasteiger partial charge in [-0.1, -0.05) is 0 Å². The lowest BCUT2D eigenvalue weighted by atomic mass is 10.0. The Morgan fingerprint density at radius 3 is 2.56 bits per heavy atom. The van der Waals surface area contributed by atoms with Crippen molar-refractivity contribution in [3.05, 3.63) is 17.8 Å². The van der Waals surface area contributed by atoms with E-state index in [0.29, 0.717) is 0 Å². The molecule has 0 fully saturated rings. The third kappa shape index (κ3) is 2.81. The molecular weight excluding hydrogens is 214 g/mol. The van der Waals surface area contributed by atoms with Gasteiger partial charge >= 0.3 is 5.97 Å². The summed E-state index contributed by atoms with van der Waals surface area (Å²) in [7, 11) is 0. The molecule has 0 aliphatic heterocycles. The molecule has 7 heteroatoms. The number of hydrogen-bond donors (Lipinski definition) is 5. The number of aliphatic carboxylic acids is 1. The quantitative estimate of drug-likeness (QED) is 0.449. The number of rotatable bonds is 4. The minimum atomic E-state index is -1.41. The van der Waals surface area contributed by atoms with E-state index in [9.17, 15) is 15.0 Å². The molecule has 0 radical (unpaired) electrons. The third-order valence-corrected chi connectivity index (χ3v) is 2.06. The summed E-state index contributed by atoms with van der Waals surface area (Å²) in [4.78, 5) is 14.0. The molecule has 2 unspecified atom stereocenters. The monoisotopic (exact) mass is 227 g/mol. The number of nitrogens with zero attached hydrogens (tertiary/aromatic N) is 1. The third-order valence-electron chi connectivity index (χ3n) is 2.06. The smallest absolute Gasteiger partial charge is 0.306 e. The summed E-state index contributed by atoms with van der Waals surface area (Å²) >= 11 is 0.